The SMILES string of the molecule is C[C@@H](NC(=O)OCC1c2ccccc2-c2ccccc21)c1ccccc1. The molecule has 4 rings (SSSR count). The van der Waals surface area contributed by atoms with E-state index in [0.29, 0.717) is 6.61 Å². The number of hydrogen-bond donors (Lipinski definition) is 1. The second-order valence-electron chi connectivity index (χ2n) is 6.60. The van der Waals surface area contributed by atoms with E-state index in [1.807, 2.05) is 61.5 Å². The molecule has 0 fully saturated rings. The van der Waals surface area contributed by atoms with Crippen LogP contribution < -0.4 is 5.32 Å². The molecule has 0 spiro atoms. The van der Waals surface area contributed by atoms with E-state index in [1.54, 1.807) is 0 Å². The van der Waals surface area contributed by atoms with Gasteiger partial charge in [-0.05, 0) is 34.7 Å². The summed E-state index contributed by atoms with van der Waals surface area (Å²) in [5, 5.41) is 2.91. The zero-order chi connectivity index (χ0) is 17.9. The van der Waals surface area contributed by atoms with Crippen LogP contribution in [0.3, 0.4) is 0 Å². The Labute approximate surface area is 153 Å². The van der Waals surface area contributed by atoms with E-state index in [-0.39, 0.29) is 18.1 Å². The minimum Gasteiger partial charge on any atom is -0.449 e. The second-order valence-corrected chi connectivity index (χ2v) is 6.60. The second kappa shape index (κ2) is 7.04. The van der Waals surface area contributed by atoms with E-state index in [2.05, 4.69) is 29.6 Å². The van der Waals surface area contributed by atoms with E-state index >= 15 is 0 Å². The number of benzene rings is 3. The van der Waals surface area contributed by atoms with E-state index in [4.69, 9.17) is 4.74 Å². The Morgan fingerprint density at radius 3 is 2.04 bits per heavy atom. The van der Waals surface area contributed by atoms with Crippen LogP contribution in [0.4, 0.5) is 4.79 Å². The highest BCUT2D eigenvalue weighted by Gasteiger charge is 2.29. The highest BCUT2D eigenvalue weighted by atomic mass is 16.5. The summed E-state index contributed by atoms with van der Waals surface area (Å²) in [4.78, 5) is 12.3. The molecule has 0 saturated heterocycles. The Morgan fingerprint density at radius 1 is 0.885 bits per heavy atom. The highest BCUT2D eigenvalue weighted by Crippen LogP contribution is 2.44. The van der Waals surface area contributed by atoms with E-state index in [0.717, 1.165) is 5.56 Å². The smallest absolute Gasteiger partial charge is 0.407 e. The number of fused-ring (bicyclic) bond motifs is 3. The minimum absolute atomic E-state index is 0.0835. The number of carbonyl (C=O) groups is 1. The molecule has 1 aliphatic carbocycles. The van der Waals surface area contributed by atoms with Crippen molar-refractivity contribution in [3.63, 3.8) is 0 Å². The first-order valence-electron chi connectivity index (χ1n) is 8.90. The number of rotatable bonds is 4. The summed E-state index contributed by atoms with van der Waals surface area (Å²) < 4.78 is 5.58. The Kier molecular flexibility index (Phi) is 4.44. The maximum atomic E-state index is 12.3. The average Bonchev–Trinajstić information content (AvgIpc) is 3.01. The van der Waals surface area contributed by atoms with Crippen LogP contribution in [0, 0.1) is 0 Å². The van der Waals surface area contributed by atoms with Crippen molar-refractivity contribution in [2.24, 2.45) is 0 Å². The standard InChI is InChI=1S/C23H21NO2/c1-16(17-9-3-2-4-10-17)24-23(25)26-15-22-20-13-7-5-11-18(20)19-12-6-8-14-21(19)22/h2-14,16,22H,15H2,1H3,(H,24,25)/t16-/m1/s1. The molecule has 1 aliphatic rings. The lowest BCUT2D eigenvalue weighted by Gasteiger charge is -2.17. The van der Waals surface area contributed by atoms with Crippen LogP contribution >= 0.6 is 0 Å². The molecule has 1 amide bonds. The van der Waals surface area contributed by atoms with Gasteiger partial charge in [0.1, 0.15) is 6.61 Å². The van der Waals surface area contributed by atoms with Crippen LogP contribution in [0.15, 0.2) is 78.9 Å². The van der Waals surface area contributed by atoms with Gasteiger partial charge in [0, 0.05) is 5.92 Å². The summed E-state index contributed by atoms with van der Waals surface area (Å²) in [6.45, 7) is 2.29. The van der Waals surface area contributed by atoms with Crippen LogP contribution in [0.1, 0.15) is 35.6 Å². The topological polar surface area (TPSA) is 38.3 Å². The van der Waals surface area contributed by atoms with Crippen molar-refractivity contribution in [2.45, 2.75) is 18.9 Å². The third-order valence-electron chi connectivity index (χ3n) is 4.98. The zero-order valence-electron chi connectivity index (χ0n) is 14.7. The van der Waals surface area contributed by atoms with Crippen molar-refractivity contribution in [2.75, 3.05) is 6.61 Å². The number of carbonyl (C=O) groups excluding carboxylic acids is 1. The fourth-order valence-electron chi connectivity index (χ4n) is 3.64. The molecule has 3 aromatic rings. The molecule has 3 aromatic carbocycles. The van der Waals surface area contributed by atoms with E-state index < -0.39 is 0 Å². The summed E-state index contributed by atoms with van der Waals surface area (Å²) in [6.07, 6.45) is -0.386. The number of nitrogens with one attached hydrogen (secondary N) is 1. The van der Waals surface area contributed by atoms with Gasteiger partial charge in [0.25, 0.3) is 0 Å². The maximum absolute atomic E-state index is 12.3. The summed E-state index contributed by atoms with van der Waals surface area (Å²) >= 11 is 0. The molecule has 0 unspecified atom stereocenters. The molecule has 1 atom stereocenters. The third kappa shape index (κ3) is 3.08. The Morgan fingerprint density at radius 2 is 1.42 bits per heavy atom. The van der Waals surface area contributed by atoms with Gasteiger partial charge in [-0.3, -0.25) is 0 Å². The zero-order valence-corrected chi connectivity index (χ0v) is 14.7. The molecule has 1 N–H and O–H groups in total. The number of ether oxygens (including phenoxy) is 1. The molecule has 26 heavy (non-hydrogen) atoms. The first-order chi connectivity index (χ1) is 12.7. The van der Waals surface area contributed by atoms with Crippen LogP contribution in [-0.2, 0) is 4.74 Å². The summed E-state index contributed by atoms with van der Waals surface area (Å²) in [5.74, 6) is 0.0835. The van der Waals surface area contributed by atoms with Gasteiger partial charge in [-0.2, -0.15) is 0 Å². The van der Waals surface area contributed by atoms with E-state index in [9.17, 15) is 4.79 Å². The molecule has 0 heterocycles. The molecular formula is C23H21NO2. The first kappa shape index (κ1) is 16.4. The van der Waals surface area contributed by atoms with Crippen LogP contribution in [0.25, 0.3) is 11.1 Å². The predicted octanol–water partition coefficient (Wildman–Crippen LogP) is 5.29. The van der Waals surface area contributed by atoms with Crippen molar-refractivity contribution >= 4 is 6.09 Å². The van der Waals surface area contributed by atoms with Crippen LogP contribution in [0.5, 0.6) is 0 Å². The van der Waals surface area contributed by atoms with E-state index in [1.165, 1.54) is 22.3 Å². The van der Waals surface area contributed by atoms with Gasteiger partial charge in [0.15, 0.2) is 0 Å². The molecule has 3 heteroatoms. The molecule has 0 saturated carbocycles. The lowest BCUT2D eigenvalue weighted by molar-refractivity contribution is 0.140. The predicted molar refractivity (Wildman–Crippen MR) is 103 cm³/mol. The van der Waals surface area contributed by atoms with Crippen molar-refractivity contribution in [3.8, 4) is 11.1 Å². The van der Waals surface area contributed by atoms with Gasteiger partial charge >= 0.3 is 6.09 Å². The minimum atomic E-state index is -0.386. The molecule has 0 radical (unpaired) electrons. The molecule has 0 aromatic heterocycles. The molecule has 3 nitrogen and oxygen atoms in total. The Balaban J connectivity index is 1.46. The van der Waals surface area contributed by atoms with Crippen molar-refractivity contribution in [1.29, 1.82) is 0 Å². The summed E-state index contributed by atoms with van der Waals surface area (Å²) in [6, 6.07) is 26.5. The average molecular weight is 343 g/mol. The first-order valence-corrected chi connectivity index (χ1v) is 8.90. The lowest BCUT2D eigenvalue weighted by Crippen LogP contribution is -2.28. The van der Waals surface area contributed by atoms with Gasteiger partial charge in [0.2, 0.25) is 0 Å². The quantitative estimate of drug-likeness (QED) is 0.699. The van der Waals surface area contributed by atoms with Crippen molar-refractivity contribution in [1.82, 2.24) is 5.32 Å². The number of alkyl carbamates (subject to hydrolysis) is 1. The Hall–Kier alpha value is -3.07. The highest BCUT2D eigenvalue weighted by molar-refractivity contribution is 5.79. The molecule has 130 valence electrons. The van der Waals surface area contributed by atoms with Crippen molar-refractivity contribution in [3.05, 3.63) is 95.6 Å². The lowest BCUT2D eigenvalue weighted by atomic mass is 9.98. The summed E-state index contributed by atoms with van der Waals surface area (Å²) in [5.41, 5.74) is 5.96. The monoisotopic (exact) mass is 343 g/mol. The fraction of sp³-hybridized carbons (Fsp3) is 0.174. The van der Waals surface area contributed by atoms with Crippen LogP contribution in [0.2, 0.25) is 0 Å². The van der Waals surface area contributed by atoms with Gasteiger partial charge < -0.3 is 10.1 Å². The van der Waals surface area contributed by atoms with Crippen molar-refractivity contribution < 1.29 is 9.53 Å². The summed E-state index contributed by atoms with van der Waals surface area (Å²) in [7, 11) is 0. The maximum Gasteiger partial charge on any atom is 0.407 e. The third-order valence-corrected chi connectivity index (χ3v) is 4.98. The van der Waals surface area contributed by atoms with Gasteiger partial charge in [-0.15, -0.1) is 0 Å². The number of hydrogen-bond acceptors (Lipinski definition) is 2. The number of amides is 1. The molecule has 0 aliphatic heterocycles. The fourth-order valence-corrected chi connectivity index (χ4v) is 3.64. The van der Waals surface area contributed by atoms with Gasteiger partial charge in [0.05, 0.1) is 6.04 Å². The Bertz CT molecular complexity index is 875. The molecule has 0 bridgehead atoms. The normalized spacial score (nSPS) is 13.6. The molecular weight excluding hydrogens is 322 g/mol. The van der Waals surface area contributed by atoms with Crippen LogP contribution in [-0.4, -0.2) is 12.7 Å². The largest absolute Gasteiger partial charge is 0.449 e. The van der Waals surface area contributed by atoms with Gasteiger partial charge in [-0.25, -0.2) is 4.79 Å². The van der Waals surface area contributed by atoms with Gasteiger partial charge in [-0.1, -0.05) is 78.9 Å².